The molecule has 6 nitrogen and oxygen atoms in total. The maximum atomic E-state index is 13.4. The zero-order valence-corrected chi connectivity index (χ0v) is 17.3. The summed E-state index contributed by atoms with van der Waals surface area (Å²) in [5.74, 6) is 0.0552. The first kappa shape index (κ1) is 18.9. The van der Waals surface area contributed by atoms with E-state index in [0.717, 1.165) is 59.3 Å². The SMILES string of the molecule is Cn1nc2c(c1C(=O)N1CCc3cc(=O)n(Cc4ccccc4)cc3C1)CCCC2. The van der Waals surface area contributed by atoms with Gasteiger partial charge in [0, 0.05) is 38.0 Å². The summed E-state index contributed by atoms with van der Waals surface area (Å²) in [5, 5.41) is 4.61. The standard InChI is InChI=1S/C24H26N4O2/c1-26-23(20-9-5-6-10-21(20)25-26)24(30)27-12-11-18-13-22(29)28(16-19(18)15-27)14-17-7-3-2-4-8-17/h2-4,7-8,13,16H,5-6,9-12,14-15H2,1H3. The van der Waals surface area contributed by atoms with Crippen LogP contribution in [0.25, 0.3) is 0 Å². The quantitative estimate of drug-likeness (QED) is 0.677. The summed E-state index contributed by atoms with van der Waals surface area (Å²) < 4.78 is 3.51. The topological polar surface area (TPSA) is 60.1 Å². The Kier molecular flexibility index (Phi) is 4.77. The molecular weight excluding hydrogens is 376 g/mol. The van der Waals surface area contributed by atoms with Crippen LogP contribution in [0.1, 0.15) is 51.3 Å². The number of rotatable bonds is 3. The average molecular weight is 402 g/mol. The molecule has 3 aromatic rings. The minimum absolute atomic E-state index is 0.0121. The van der Waals surface area contributed by atoms with Gasteiger partial charge < -0.3 is 9.47 Å². The lowest BCUT2D eigenvalue weighted by atomic mass is 9.95. The highest BCUT2D eigenvalue weighted by Gasteiger charge is 2.29. The summed E-state index contributed by atoms with van der Waals surface area (Å²) >= 11 is 0. The molecule has 154 valence electrons. The van der Waals surface area contributed by atoms with Crippen molar-refractivity contribution in [3.63, 3.8) is 0 Å². The summed E-state index contributed by atoms with van der Waals surface area (Å²) in [7, 11) is 1.88. The van der Waals surface area contributed by atoms with Crippen LogP contribution in [-0.4, -0.2) is 31.7 Å². The predicted molar refractivity (Wildman–Crippen MR) is 115 cm³/mol. The lowest BCUT2D eigenvalue weighted by molar-refractivity contribution is 0.0721. The second-order valence-corrected chi connectivity index (χ2v) is 8.36. The van der Waals surface area contributed by atoms with Gasteiger partial charge in [-0.2, -0.15) is 5.10 Å². The molecule has 0 radical (unpaired) electrons. The zero-order valence-electron chi connectivity index (χ0n) is 17.3. The van der Waals surface area contributed by atoms with Crippen LogP contribution in [-0.2, 0) is 39.4 Å². The van der Waals surface area contributed by atoms with Crippen LogP contribution in [0.4, 0.5) is 0 Å². The van der Waals surface area contributed by atoms with Crippen molar-refractivity contribution in [3.8, 4) is 0 Å². The molecule has 0 fully saturated rings. The molecule has 0 N–H and O–H groups in total. The average Bonchev–Trinajstić information content (AvgIpc) is 3.10. The number of nitrogens with zero attached hydrogens (tertiary/aromatic N) is 4. The smallest absolute Gasteiger partial charge is 0.272 e. The van der Waals surface area contributed by atoms with Gasteiger partial charge in [-0.15, -0.1) is 0 Å². The van der Waals surface area contributed by atoms with Crippen molar-refractivity contribution in [2.24, 2.45) is 7.05 Å². The third-order valence-corrected chi connectivity index (χ3v) is 6.32. The molecule has 0 unspecified atom stereocenters. The molecular formula is C24H26N4O2. The number of carbonyl (C=O) groups is 1. The van der Waals surface area contributed by atoms with E-state index >= 15 is 0 Å². The van der Waals surface area contributed by atoms with Gasteiger partial charge in [0.25, 0.3) is 11.5 Å². The van der Waals surface area contributed by atoms with Gasteiger partial charge in [0.05, 0.1) is 12.2 Å². The van der Waals surface area contributed by atoms with Crippen LogP contribution < -0.4 is 5.56 Å². The molecule has 0 spiro atoms. The third kappa shape index (κ3) is 3.36. The Hall–Kier alpha value is -3.15. The van der Waals surface area contributed by atoms with Gasteiger partial charge in [0.1, 0.15) is 5.69 Å². The number of fused-ring (bicyclic) bond motifs is 2. The fourth-order valence-corrected chi connectivity index (χ4v) is 4.75. The molecule has 3 heterocycles. The number of amides is 1. The lowest BCUT2D eigenvalue weighted by Crippen LogP contribution is -2.38. The molecule has 5 rings (SSSR count). The van der Waals surface area contributed by atoms with E-state index in [1.54, 1.807) is 15.3 Å². The molecule has 0 atom stereocenters. The normalized spacial score (nSPS) is 15.6. The van der Waals surface area contributed by atoms with Gasteiger partial charge in [0.2, 0.25) is 0 Å². The number of pyridine rings is 1. The third-order valence-electron chi connectivity index (χ3n) is 6.32. The Morgan fingerprint density at radius 2 is 1.87 bits per heavy atom. The number of benzene rings is 1. The molecule has 30 heavy (non-hydrogen) atoms. The van der Waals surface area contributed by atoms with E-state index in [1.807, 2.05) is 48.5 Å². The zero-order chi connectivity index (χ0) is 20.7. The first-order valence-corrected chi connectivity index (χ1v) is 10.7. The molecule has 0 saturated carbocycles. The maximum absolute atomic E-state index is 13.4. The molecule has 0 saturated heterocycles. The first-order valence-electron chi connectivity index (χ1n) is 10.7. The molecule has 1 aromatic carbocycles. The maximum Gasteiger partial charge on any atom is 0.272 e. The Morgan fingerprint density at radius 1 is 1.07 bits per heavy atom. The van der Waals surface area contributed by atoms with Gasteiger partial charge in [-0.1, -0.05) is 30.3 Å². The van der Waals surface area contributed by atoms with Crippen LogP contribution in [0, 0.1) is 0 Å². The van der Waals surface area contributed by atoms with E-state index < -0.39 is 0 Å². The highest BCUT2D eigenvalue weighted by Crippen LogP contribution is 2.26. The highest BCUT2D eigenvalue weighted by atomic mass is 16.2. The fraction of sp³-hybridized carbons (Fsp3) is 0.375. The van der Waals surface area contributed by atoms with E-state index in [2.05, 4.69) is 5.10 Å². The van der Waals surface area contributed by atoms with E-state index in [4.69, 9.17) is 0 Å². The first-order chi connectivity index (χ1) is 14.6. The monoisotopic (exact) mass is 402 g/mol. The van der Waals surface area contributed by atoms with Crippen LogP contribution in [0.5, 0.6) is 0 Å². The second-order valence-electron chi connectivity index (χ2n) is 8.36. The van der Waals surface area contributed by atoms with Crippen molar-refractivity contribution in [3.05, 3.63) is 86.6 Å². The Labute approximate surface area is 175 Å². The number of aromatic nitrogens is 3. The molecule has 1 aliphatic heterocycles. The van der Waals surface area contributed by atoms with E-state index in [1.165, 1.54) is 0 Å². The molecule has 2 aliphatic rings. The van der Waals surface area contributed by atoms with Crippen molar-refractivity contribution < 1.29 is 4.79 Å². The fourth-order valence-electron chi connectivity index (χ4n) is 4.75. The molecule has 2 aromatic heterocycles. The van der Waals surface area contributed by atoms with E-state index in [0.29, 0.717) is 26.1 Å². The summed E-state index contributed by atoms with van der Waals surface area (Å²) in [6.07, 6.45) is 6.81. The number of hydrogen-bond donors (Lipinski definition) is 0. The van der Waals surface area contributed by atoms with Crippen LogP contribution in [0.3, 0.4) is 0 Å². The molecule has 1 amide bonds. The summed E-state index contributed by atoms with van der Waals surface area (Å²) in [6, 6.07) is 11.7. The highest BCUT2D eigenvalue weighted by molar-refractivity contribution is 5.94. The van der Waals surface area contributed by atoms with Crippen molar-refractivity contribution in [2.45, 2.75) is 45.2 Å². The van der Waals surface area contributed by atoms with Crippen LogP contribution in [0.2, 0.25) is 0 Å². The van der Waals surface area contributed by atoms with Gasteiger partial charge >= 0.3 is 0 Å². The minimum Gasteiger partial charge on any atom is -0.333 e. The predicted octanol–water partition coefficient (Wildman–Crippen LogP) is 2.71. The lowest BCUT2D eigenvalue weighted by Gasteiger charge is -2.29. The van der Waals surface area contributed by atoms with Crippen molar-refractivity contribution in [2.75, 3.05) is 6.54 Å². The van der Waals surface area contributed by atoms with Crippen molar-refractivity contribution >= 4 is 5.91 Å². The number of carbonyl (C=O) groups excluding carboxylic acids is 1. The van der Waals surface area contributed by atoms with Gasteiger partial charge in [0.15, 0.2) is 0 Å². The van der Waals surface area contributed by atoms with E-state index in [-0.39, 0.29) is 11.5 Å². The van der Waals surface area contributed by atoms with Gasteiger partial charge in [-0.25, -0.2) is 0 Å². The largest absolute Gasteiger partial charge is 0.333 e. The van der Waals surface area contributed by atoms with Gasteiger partial charge in [-0.3, -0.25) is 14.3 Å². The summed E-state index contributed by atoms with van der Waals surface area (Å²) in [5.41, 5.74) is 6.17. The van der Waals surface area contributed by atoms with Crippen molar-refractivity contribution in [1.29, 1.82) is 0 Å². The number of aryl methyl sites for hydroxylation is 2. The molecule has 6 heteroatoms. The summed E-state index contributed by atoms with van der Waals surface area (Å²) in [4.78, 5) is 27.9. The van der Waals surface area contributed by atoms with Crippen molar-refractivity contribution in [1.82, 2.24) is 19.2 Å². The Morgan fingerprint density at radius 3 is 2.70 bits per heavy atom. The van der Waals surface area contributed by atoms with Gasteiger partial charge in [-0.05, 0) is 48.8 Å². The van der Waals surface area contributed by atoms with Crippen LogP contribution >= 0.6 is 0 Å². The molecule has 0 bridgehead atoms. The van der Waals surface area contributed by atoms with Crippen LogP contribution in [0.15, 0.2) is 47.4 Å². The Bertz CT molecular complexity index is 1160. The van der Waals surface area contributed by atoms with E-state index in [9.17, 15) is 9.59 Å². The second kappa shape index (κ2) is 7.59. The Balaban J connectivity index is 1.42. The minimum atomic E-state index is 0.0121. The molecule has 1 aliphatic carbocycles. The number of hydrogen-bond acceptors (Lipinski definition) is 3. The summed E-state index contributed by atoms with van der Waals surface area (Å²) in [6.45, 7) is 1.70.